The van der Waals surface area contributed by atoms with E-state index in [0.29, 0.717) is 17.6 Å². The molecule has 0 aromatic carbocycles. The Kier molecular flexibility index (Phi) is 4.12. The summed E-state index contributed by atoms with van der Waals surface area (Å²) >= 11 is 0. The van der Waals surface area contributed by atoms with Crippen molar-refractivity contribution < 1.29 is 19.8 Å². The molecular formula is C20H28O4. The molecule has 0 aromatic rings. The highest BCUT2D eigenvalue weighted by molar-refractivity contribution is 6.11. The third-order valence-corrected chi connectivity index (χ3v) is 6.77. The Hall–Kier alpha value is -1.26. The predicted octanol–water partition coefficient (Wildman–Crippen LogP) is 2.59. The highest BCUT2D eigenvalue weighted by Crippen LogP contribution is 2.55. The number of aliphatic hydroxyl groups excluding tert-OH is 2. The standard InChI is InChI=1S/C20H28O4/c1-11-12-8-13(17(11)23)14(21)10-16-19(2,3)6-5-7-20(16,4)18(24)15(22)9-12/h8,12,14-16,21-22H,1,5-7,9-10H2,2-4H3/t12-,14-,15+,16-,20-/m1/s1. The van der Waals surface area contributed by atoms with E-state index < -0.39 is 17.6 Å². The van der Waals surface area contributed by atoms with Crippen LogP contribution in [0.2, 0.25) is 0 Å². The summed E-state index contributed by atoms with van der Waals surface area (Å²) in [5.41, 5.74) is -0.00846. The van der Waals surface area contributed by atoms with Crippen LogP contribution in [0.4, 0.5) is 0 Å². The molecular weight excluding hydrogens is 304 g/mol. The van der Waals surface area contributed by atoms with Gasteiger partial charge in [-0.15, -0.1) is 0 Å². The number of Topliss-reactive ketones (excluding diaryl/α,β-unsaturated/α-hetero) is 2. The molecule has 0 unspecified atom stereocenters. The summed E-state index contributed by atoms with van der Waals surface area (Å²) < 4.78 is 0. The van der Waals surface area contributed by atoms with Gasteiger partial charge in [0.25, 0.3) is 0 Å². The van der Waals surface area contributed by atoms with Crippen LogP contribution in [0.25, 0.3) is 0 Å². The van der Waals surface area contributed by atoms with Crippen LogP contribution in [-0.2, 0) is 9.59 Å². The largest absolute Gasteiger partial charge is 0.388 e. The van der Waals surface area contributed by atoms with Crippen molar-refractivity contribution in [3.63, 3.8) is 0 Å². The van der Waals surface area contributed by atoms with Crippen LogP contribution in [0.15, 0.2) is 23.8 Å². The average molecular weight is 332 g/mol. The van der Waals surface area contributed by atoms with Crippen molar-refractivity contribution >= 4 is 11.6 Å². The van der Waals surface area contributed by atoms with Crippen molar-refractivity contribution in [2.75, 3.05) is 0 Å². The first-order chi connectivity index (χ1) is 11.1. The van der Waals surface area contributed by atoms with Gasteiger partial charge in [-0.3, -0.25) is 9.59 Å². The molecule has 3 aliphatic rings. The minimum Gasteiger partial charge on any atom is -0.388 e. The van der Waals surface area contributed by atoms with E-state index in [9.17, 15) is 19.8 Å². The highest BCUT2D eigenvalue weighted by atomic mass is 16.3. The van der Waals surface area contributed by atoms with Crippen LogP contribution in [0.1, 0.15) is 52.9 Å². The average Bonchev–Trinajstić information content (AvgIpc) is 2.77. The lowest BCUT2D eigenvalue weighted by molar-refractivity contribution is -0.149. The quantitative estimate of drug-likeness (QED) is 0.669. The van der Waals surface area contributed by atoms with E-state index in [-0.39, 0.29) is 35.2 Å². The lowest BCUT2D eigenvalue weighted by Crippen LogP contribution is -2.51. The van der Waals surface area contributed by atoms with E-state index in [1.54, 1.807) is 6.08 Å². The molecule has 3 aliphatic carbocycles. The van der Waals surface area contributed by atoms with Crippen molar-refractivity contribution in [2.45, 2.75) is 65.1 Å². The Balaban J connectivity index is 2.08. The van der Waals surface area contributed by atoms with E-state index in [1.165, 1.54) is 0 Å². The maximum Gasteiger partial charge on any atom is 0.187 e. The number of aliphatic hydroxyl groups is 2. The summed E-state index contributed by atoms with van der Waals surface area (Å²) in [7, 11) is 0. The summed E-state index contributed by atoms with van der Waals surface area (Å²) in [5.74, 6) is -0.784. The number of carbonyl (C=O) groups excluding carboxylic acids is 2. The third kappa shape index (κ3) is 2.51. The number of hydrogen-bond acceptors (Lipinski definition) is 4. The molecule has 4 nitrogen and oxygen atoms in total. The monoisotopic (exact) mass is 332 g/mol. The lowest BCUT2D eigenvalue weighted by atomic mass is 9.52. The van der Waals surface area contributed by atoms with Gasteiger partial charge in [0.15, 0.2) is 11.6 Å². The van der Waals surface area contributed by atoms with Crippen LogP contribution in [0.5, 0.6) is 0 Å². The van der Waals surface area contributed by atoms with Gasteiger partial charge in [0.2, 0.25) is 0 Å². The minimum absolute atomic E-state index is 0.0741. The van der Waals surface area contributed by atoms with Gasteiger partial charge < -0.3 is 10.2 Å². The van der Waals surface area contributed by atoms with Gasteiger partial charge in [-0.2, -0.15) is 0 Å². The van der Waals surface area contributed by atoms with Crippen molar-refractivity contribution in [3.05, 3.63) is 23.8 Å². The van der Waals surface area contributed by atoms with Gasteiger partial charge in [0.1, 0.15) is 6.10 Å². The fraction of sp³-hybridized carbons (Fsp3) is 0.700. The van der Waals surface area contributed by atoms with Crippen LogP contribution in [0, 0.1) is 22.7 Å². The zero-order valence-corrected chi connectivity index (χ0v) is 14.8. The van der Waals surface area contributed by atoms with E-state index in [2.05, 4.69) is 20.4 Å². The van der Waals surface area contributed by atoms with Crippen LogP contribution < -0.4 is 0 Å². The SMILES string of the molecule is C=C1C(=O)C2=C[C@@H]1C[C@H](O)C(=O)[C@]1(C)CCCC(C)(C)[C@H]1C[C@H]2O. The first-order valence-electron chi connectivity index (χ1n) is 8.93. The number of rotatable bonds is 0. The second kappa shape index (κ2) is 5.63. The molecule has 24 heavy (non-hydrogen) atoms. The molecule has 1 fully saturated rings. The van der Waals surface area contributed by atoms with E-state index in [1.807, 2.05) is 6.92 Å². The van der Waals surface area contributed by atoms with Crippen LogP contribution in [-0.4, -0.2) is 34.0 Å². The van der Waals surface area contributed by atoms with Crippen molar-refractivity contribution in [1.82, 2.24) is 0 Å². The van der Waals surface area contributed by atoms with Gasteiger partial charge in [-0.1, -0.05) is 39.8 Å². The number of ketones is 2. The Labute approximate surface area is 143 Å². The molecule has 132 valence electrons. The first kappa shape index (κ1) is 17.6. The summed E-state index contributed by atoms with van der Waals surface area (Å²) in [6.07, 6.45) is 2.95. The number of carbonyl (C=O) groups is 2. The smallest absolute Gasteiger partial charge is 0.187 e. The third-order valence-electron chi connectivity index (χ3n) is 6.77. The van der Waals surface area contributed by atoms with Crippen LogP contribution >= 0.6 is 0 Å². The Bertz CT molecular complexity index is 630. The first-order valence-corrected chi connectivity index (χ1v) is 8.93. The molecule has 0 aromatic heterocycles. The van der Waals surface area contributed by atoms with Crippen LogP contribution in [0.3, 0.4) is 0 Å². The molecule has 5 atom stereocenters. The molecule has 2 bridgehead atoms. The second-order valence-electron chi connectivity index (χ2n) is 8.76. The van der Waals surface area contributed by atoms with E-state index in [4.69, 9.17) is 0 Å². The maximum atomic E-state index is 13.1. The summed E-state index contributed by atoms with van der Waals surface area (Å²) in [6.45, 7) is 10.0. The topological polar surface area (TPSA) is 74.6 Å². The molecule has 2 N–H and O–H groups in total. The number of allylic oxidation sites excluding steroid dienone is 2. The molecule has 0 amide bonds. The fourth-order valence-corrected chi connectivity index (χ4v) is 5.29. The van der Waals surface area contributed by atoms with Gasteiger partial charge in [0, 0.05) is 16.9 Å². The number of fused-ring (bicyclic) bond motifs is 2. The normalized spacial score (nSPS) is 42.5. The van der Waals surface area contributed by atoms with Gasteiger partial charge in [-0.25, -0.2) is 0 Å². The number of hydrogen-bond donors (Lipinski definition) is 2. The fourth-order valence-electron chi connectivity index (χ4n) is 5.29. The summed E-state index contributed by atoms with van der Waals surface area (Å²) in [4.78, 5) is 25.5. The molecule has 0 spiro atoms. The van der Waals surface area contributed by atoms with Gasteiger partial charge in [0.05, 0.1) is 6.10 Å². The second-order valence-corrected chi connectivity index (χ2v) is 8.76. The Morgan fingerprint density at radius 1 is 1.08 bits per heavy atom. The minimum atomic E-state index is -1.09. The van der Waals surface area contributed by atoms with Crippen molar-refractivity contribution in [3.8, 4) is 0 Å². The van der Waals surface area contributed by atoms with Crippen molar-refractivity contribution in [1.29, 1.82) is 0 Å². The predicted molar refractivity (Wildman–Crippen MR) is 91.2 cm³/mol. The summed E-state index contributed by atoms with van der Waals surface area (Å²) in [6, 6.07) is 0. The molecule has 4 heteroatoms. The lowest BCUT2D eigenvalue weighted by Gasteiger charge is -2.51. The van der Waals surface area contributed by atoms with E-state index >= 15 is 0 Å². The van der Waals surface area contributed by atoms with E-state index in [0.717, 1.165) is 19.3 Å². The van der Waals surface area contributed by atoms with Gasteiger partial charge in [-0.05, 0) is 42.6 Å². The zero-order valence-electron chi connectivity index (χ0n) is 14.8. The molecule has 3 rings (SSSR count). The Morgan fingerprint density at radius 3 is 2.42 bits per heavy atom. The highest BCUT2D eigenvalue weighted by Gasteiger charge is 2.53. The molecule has 0 aliphatic heterocycles. The molecule has 0 radical (unpaired) electrons. The maximum absolute atomic E-state index is 13.1. The molecule has 0 saturated heterocycles. The molecule has 0 heterocycles. The zero-order chi connectivity index (χ0) is 17.9. The Morgan fingerprint density at radius 2 is 1.75 bits per heavy atom. The van der Waals surface area contributed by atoms with Crippen molar-refractivity contribution in [2.24, 2.45) is 22.7 Å². The van der Waals surface area contributed by atoms with Gasteiger partial charge >= 0.3 is 0 Å². The summed E-state index contributed by atoms with van der Waals surface area (Å²) in [5, 5.41) is 21.3. The molecule has 1 saturated carbocycles.